The topological polar surface area (TPSA) is 73.7 Å². The molecule has 0 spiro atoms. The fourth-order valence-electron chi connectivity index (χ4n) is 0.957. The molecule has 0 amide bonds. The standard InChI is InChI=1S/C8H3ClF2N2O2/c9-6(14)4-1-3(7(10)11)5(2-12)13-8(4)15/h1,7H,(H,13,15). The molecule has 1 heterocycles. The van der Waals surface area contributed by atoms with Gasteiger partial charge in [0.15, 0.2) is 0 Å². The number of H-pyrrole nitrogens is 1. The van der Waals surface area contributed by atoms with Gasteiger partial charge in [-0.15, -0.1) is 0 Å². The van der Waals surface area contributed by atoms with E-state index in [4.69, 9.17) is 16.9 Å². The molecule has 78 valence electrons. The molecule has 0 saturated carbocycles. The molecular formula is C8H3ClF2N2O2. The number of carbonyl (C=O) groups excluding carboxylic acids is 1. The van der Waals surface area contributed by atoms with Gasteiger partial charge in [0.1, 0.15) is 11.8 Å². The monoisotopic (exact) mass is 232 g/mol. The Morgan fingerprint density at radius 3 is 2.60 bits per heavy atom. The van der Waals surface area contributed by atoms with Gasteiger partial charge < -0.3 is 4.98 Å². The number of rotatable bonds is 2. The molecule has 0 aliphatic rings. The van der Waals surface area contributed by atoms with Crippen LogP contribution in [0.15, 0.2) is 10.9 Å². The first-order chi connectivity index (χ1) is 6.97. The fourth-order valence-corrected chi connectivity index (χ4v) is 1.10. The van der Waals surface area contributed by atoms with E-state index in [1.54, 1.807) is 0 Å². The van der Waals surface area contributed by atoms with Crippen LogP contribution < -0.4 is 5.56 Å². The summed E-state index contributed by atoms with van der Waals surface area (Å²) in [5.74, 6) is 0. The van der Waals surface area contributed by atoms with Crippen molar-refractivity contribution in [2.24, 2.45) is 0 Å². The van der Waals surface area contributed by atoms with Gasteiger partial charge in [0.05, 0.1) is 11.1 Å². The van der Waals surface area contributed by atoms with E-state index in [-0.39, 0.29) is 0 Å². The van der Waals surface area contributed by atoms with Crippen LogP contribution in [-0.2, 0) is 0 Å². The third kappa shape index (κ3) is 2.19. The summed E-state index contributed by atoms with van der Waals surface area (Å²) in [6.07, 6.45) is -2.97. The predicted molar refractivity (Wildman–Crippen MR) is 46.9 cm³/mol. The SMILES string of the molecule is N#Cc1[nH]c(=O)c(C(=O)Cl)cc1C(F)F. The van der Waals surface area contributed by atoms with Crippen LogP contribution >= 0.6 is 11.6 Å². The average molecular weight is 233 g/mol. The molecule has 4 nitrogen and oxygen atoms in total. The number of hydrogen-bond donors (Lipinski definition) is 1. The lowest BCUT2D eigenvalue weighted by molar-refractivity contribution is 0.107. The minimum absolute atomic E-state index is 0.573. The maximum absolute atomic E-state index is 12.4. The van der Waals surface area contributed by atoms with Crippen molar-refractivity contribution >= 4 is 16.8 Å². The molecule has 0 aliphatic heterocycles. The number of nitrogens with one attached hydrogen (secondary N) is 1. The van der Waals surface area contributed by atoms with Crippen LogP contribution in [0.2, 0.25) is 0 Å². The normalized spacial score (nSPS) is 10.1. The highest BCUT2D eigenvalue weighted by molar-refractivity contribution is 6.67. The van der Waals surface area contributed by atoms with E-state index in [1.807, 2.05) is 4.98 Å². The van der Waals surface area contributed by atoms with E-state index < -0.39 is 34.0 Å². The number of alkyl halides is 2. The lowest BCUT2D eigenvalue weighted by atomic mass is 10.1. The van der Waals surface area contributed by atoms with Crippen molar-refractivity contribution in [2.75, 3.05) is 0 Å². The van der Waals surface area contributed by atoms with Crippen LogP contribution in [0.4, 0.5) is 8.78 Å². The van der Waals surface area contributed by atoms with Crippen LogP contribution in [0, 0.1) is 11.3 Å². The molecule has 0 aliphatic carbocycles. The van der Waals surface area contributed by atoms with E-state index in [0.717, 1.165) is 0 Å². The number of nitrogens with zero attached hydrogens (tertiary/aromatic N) is 1. The Balaban J connectivity index is 3.53. The first-order valence-corrected chi connectivity index (χ1v) is 4.00. The van der Waals surface area contributed by atoms with Gasteiger partial charge in [-0.1, -0.05) is 0 Å². The van der Waals surface area contributed by atoms with Gasteiger partial charge in [-0.25, -0.2) is 8.78 Å². The van der Waals surface area contributed by atoms with Crippen molar-refractivity contribution in [3.05, 3.63) is 33.2 Å². The average Bonchev–Trinajstić information content (AvgIpc) is 2.16. The van der Waals surface area contributed by atoms with Crippen LogP contribution in [0.5, 0.6) is 0 Å². The molecule has 0 atom stereocenters. The fraction of sp³-hybridized carbons (Fsp3) is 0.125. The number of aromatic nitrogens is 1. The maximum Gasteiger partial charge on any atom is 0.266 e. The Morgan fingerprint density at radius 1 is 1.60 bits per heavy atom. The van der Waals surface area contributed by atoms with E-state index in [2.05, 4.69) is 0 Å². The van der Waals surface area contributed by atoms with E-state index in [0.29, 0.717) is 6.07 Å². The lowest BCUT2D eigenvalue weighted by Gasteiger charge is -2.02. The van der Waals surface area contributed by atoms with Crippen molar-refractivity contribution in [2.45, 2.75) is 6.43 Å². The summed E-state index contributed by atoms with van der Waals surface area (Å²) < 4.78 is 24.7. The molecule has 0 fully saturated rings. The molecule has 1 aromatic rings. The number of halogens is 3. The van der Waals surface area contributed by atoms with Crippen molar-refractivity contribution in [3.8, 4) is 6.07 Å². The number of hydrogen-bond acceptors (Lipinski definition) is 3. The highest BCUT2D eigenvalue weighted by Gasteiger charge is 2.18. The van der Waals surface area contributed by atoms with Crippen molar-refractivity contribution in [1.29, 1.82) is 5.26 Å². The zero-order valence-electron chi connectivity index (χ0n) is 7.05. The van der Waals surface area contributed by atoms with Crippen LogP contribution in [-0.4, -0.2) is 10.2 Å². The van der Waals surface area contributed by atoms with E-state index in [1.165, 1.54) is 6.07 Å². The van der Waals surface area contributed by atoms with Gasteiger partial charge >= 0.3 is 0 Å². The summed E-state index contributed by atoms with van der Waals surface area (Å²) in [7, 11) is 0. The Kier molecular flexibility index (Phi) is 3.17. The van der Waals surface area contributed by atoms with E-state index >= 15 is 0 Å². The third-order valence-electron chi connectivity index (χ3n) is 1.63. The van der Waals surface area contributed by atoms with Crippen LogP contribution in [0.25, 0.3) is 0 Å². The first kappa shape index (κ1) is 11.3. The molecule has 1 aromatic heterocycles. The highest BCUT2D eigenvalue weighted by Crippen LogP contribution is 2.21. The number of pyridine rings is 1. The minimum atomic E-state index is -2.97. The van der Waals surface area contributed by atoms with E-state index in [9.17, 15) is 18.4 Å². The zero-order valence-corrected chi connectivity index (χ0v) is 7.81. The molecule has 7 heteroatoms. The number of carbonyl (C=O) groups is 1. The predicted octanol–water partition coefficient (Wildman–Crippen LogP) is 1.56. The molecule has 0 aromatic carbocycles. The molecule has 0 saturated heterocycles. The number of nitriles is 1. The van der Waals surface area contributed by atoms with Gasteiger partial charge in [-0.3, -0.25) is 9.59 Å². The molecular weight excluding hydrogens is 230 g/mol. The largest absolute Gasteiger partial charge is 0.313 e. The molecule has 15 heavy (non-hydrogen) atoms. The van der Waals surface area contributed by atoms with Gasteiger partial charge in [-0.2, -0.15) is 5.26 Å². The second-order valence-electron chi connectivity index (χ2n) is 2.53. The lowest BCUT2D eigenvalue weighted by Crippen LogP contribution is -2.17. The summed E-state index contributed by atoms with van der Waals surface area (Å²) in [5, 5.41) is 7.30. The number of aromatic amines is 1. The zero-order chi connectivity index (χ0) is 11.6. The van der Waals surface area contributed by atoms with Gasteiger partial charge in [0.2, 0.25) is 0 Å². The van der Waals surface area contributed by atoms with Crippen molar-refractivity contribution in [1.82, 2.24) is 4.98 Å². The second kappa shape index (κ2) is 4.19. The molecule has 1 rings (SSSR count). The first-order valence-electron chi connectivity index (χ1n) is 3.62. The van der Waals surface area contributed by atoms with Crippen LogP contribution in [0.3, 0.4) is 0 Å². The maximum atomic E-state index is 12.4. The Hall–Kier alpha value is -1.74. The van der Waals surface area contributed by atoms with Gasteiger partial charge in [0.25, 0.3) is 17.2 Å². The molecule has 0 unspecified atom stereocenters. The minimum Gasteiger partial charge on any atom is -0.313 e. The summed E-state index contributed by atoms with van der Waals surface area (Å²) >= 11 is 4.99. The summed E-state index contributed by atoms with van der Waals surface area (Å²) in [6, 6.07) is 2.02. The van der Waals surface area contributed by atoms with Crippen molar-refractivity contribution in [3.63, 3.8) is 0 Å². The summed E-state index contributed by atoms with van der Waals surface area (Å²) in [6.45, 7) is 0. The highest BCUT2D eigenvalue weighted by atomic mass is 35.5. The quantitative estimate of drug-likeness (QED) is 0.787. The van der Waals surface area contributed by atoms with Crippen molar-refractivity contribution < 1.29 is 13.6 Å². The second-order valence-corrected chi connectivity index (χ2v) is 2.87. The summed E-state index contributed by atoms with van der Waals surface area (Å²) in [5.41, 5.74) is -2.86. The Morgan fingerprint density at radius 2 is 2.20 bits per heavy atom. The summed E-state index contributed by atoms with van der Waals surface area (Å²) in [4.78, 5) is 23.6. The van der Waals surface area contributed by atoms with Gasteiger partial charge in [-0.05, 0) is 17.7 Å². The smallest absolute Gasteiger partial charge is 0.266 e. The molecule has 0 bridgehead atoms. The molecule has 0 radical (unpaired) electrons. The Labute approximate surface area is 87.1 Å². The molecule has 1 N–H and O–H groups in total. The third-order valence-corrected chi connectivity index (χ3v) is 1.83. The van der Waals surface area contributed by atoms with Crippen LogP contribution in [0.1, 0.15) is 28.0 Å². The Bertz CT molecular complexity index is 504. The van der Waals surface area contributed by atoms with Gasteiger partial charge in [0, 0.05) is 0 Å².